The van der Waals surface area contributed by atoms with E-state index in [1.807, 2.05) is 6.07 Å². The van der Waals surface area contributed by atoms with Crippen molar-refractivity contribution in [2.75, 3.05) is 43.6 Å². The third-order valence-corrected chi connectivity index (χ3v) is 5.47. The molecule has 1 aliphatic carbocycles. The Bertz CT molecular complexity index is 927. The first-order valence-corrected chi connectivity index (χ1v) is 9.69. The van der Waals surface area contributed by atoms with Gasteiger partial charge in [-0.1, -0.05) is 18.2 Å². The van der Waals surface area contributed by atoms with Crippen molar-refractivity contribution in [1.82, 2.24) is 0 Å². The summed E-state index contributed by atoms with van der Waals surface area (Å²) in [5.74, 6) is -1.47. The van der Waals surface area contributed by atoms with E-state index in [9.17, 15) is 14.0 Å². The summed E-state index contributed by atoms with van der Waals surface area (Å²) in [5, 5.41) is 2.83. The number of hydrogen-bond acceptors (Lipinski definition) is 5. The number of carbonyl (C=O) groups is 2. The summed E-state index contributed by atoms with van der Waals surface area (Å²) >= 11 is 0. The lowest BCUT2D eigenvalue weighted by atomic mass is 10.1. The second-order valence-electron chi connectivity index (χ2n) is 7.28. The van der Waals surface area contributed by atoms with Crippen LogP contribution in [0.2, 0.25) is 0 Å². The summed E-state index contributed by atoms with van der Waals surface area (Å²) in [7, 11) is 1.31. The summed E-state index contributed by atoms with van der Waals surface area (Å²) in [5.41, 5.74) is 2.14. The molecule has 1 aliphatic heterocycles. The van der Waals surface area contributed by atoms with E-state index in [-0.39, 0.29) is 23.6 Å². The van der Waals surface area contributed by atoms with E-state index in [1.165, 1.54) is 13.2 Å². The molecule has 1 amide bonds. The van der Waals surface area contributed by atoms with Crippen molar-refractivity contribution >= 4 is 23.3 Å². The Balaban J connectivity index is 1.51. The monoisotopic (exact) mass is 398 g/mol. The van der Waals surface area contributed by atoms with Crippen LogP contribution in [0.5, 0.6) is 0 Å². The fourth-order valence-corrected chi connectivity index (χ4v) is 3.77. The molecule has 0 spiro atoms. The lowest BCUT2D eigenvalue weighted by molar-refractivity contribution is -0.117. The van der Waals surface area contributed by atoms with Crippen molar-refractivity contribution in [1.29, 1.82) is 0 Å². The number of amides is 1. The molecule has 2 aromatic rings. The lowest BCUT2D eigenvalue weighted by Crippen LogP contribution is -2.36. The molecule has 6 nitrogen and oxygen atoms in total. The fraction of sp³-hybridized carbons (Fsp3) is 0.364. The zero-order valence-corrected chi connectivity index (χ0v) is 16.2. The number of methoxy groups -OCH3 is 1. The van der Waals surface area contributed by atoms with Gasteiger partial charge >= 0.3 is 5.97 Å². The van der Waals surface area contributed by atoms with Crippen LogP contribution in [0.25, 0.3) is 0 Å². The van der Waals surface area contributed by atoms with Gasteiger partial charge < -0.3 is 19.7 Å². The highest BCUT2D eigenvalue weighted by molar-refractivity contribution is 6.03. The van der Waals surface area contributed by atoms with Crippen LogP contribution in [0.1, 0.15) is 28.3 Å². The van der Waals surface area contributed by atoms with Crippen LogP contribution < -0.4 is 10.2 Å². The zero-order valence-electron chi connectivity index (χ0n) is 16.2. The Morgan fingerprint density at radius 3 is 2.66 bits per heavy atom. The predicted octanol–water partition coefficient (Wildman–Crippen LogP) is 3.19. The molecular formula is C22H23FN2O4. The number of esters is 1. The van der Waals surface area contributed by atoms with Gasteiger partial charge in [0.1, 0.15) is 5.82 Å². The fourth-order valence-electron chi connectivity index (χ4n) is 3.77. The number of rotatable bonds is 5. The maximum atomic E-state index is 14.0. The topological polar surface area (TPSA) is 67.9 Å². The molecule has 0 aromatic heterocycles. The van der Waals surface area contributed by atoms with Crippen molar-refractivity contribution in [3.05, 3.63) is 59.4 Å². The molecule has 1 N–H and O–H groups in total. The summed E-state index contributed by atoms with van der Waals surface area (Å²) in [6.45, 7) is 2.73. The van der Waals surface area contributed by atoms with Gasteiger partial charge in [0.05, 0.1) is 31.6 Å². The first kappa shape index (κ1) is 19.4. The standard InChI is InChI=1S/C22H23FN2O4/c1-28-22(27)18-12-14(25-8-10-29-11-9-25)6-7-20(18)24-21(26)17-13-16(17)15-4-2-3-5-19(15)23/h2-7,12,16-17H,8-11,13H2,1H3,(H,24,26). The Morgan fingerprint density at radius 2 is 1.93 bits per heavy atom. The second-order valence-corrected chi connectivity index (χ2v) is 7.28. The average Bonchev–Trinajstić information content (AvgIpc) is 3.55. The minimum atomic E-state index is -0.517. The Morgan fingerprint density at radius 1 is 1.17 bits per heavy atom. The van der Waals surface area contributed by atoms with Gasteiger partial charge in [0, 0.05) is 24.7 Å². The molecule has 2 fully saturated rings. The number of halogens is 1. The summed E-state index contributed by atoms with van der Waals surface area (Å²) in [6, 6.07) is 11.8. The molecular weight excluding hydrogens is 375 g/mol. The van der Waals surface area contributed by atoms with Crippen LogP contribution in [0, 0.1) is 11.7 Å². The SMILES string of the molecule is COC(=O)c1cc(N2CCOCC2)ccc1NC(=O)C1CC1c1ccccc1F. The summed E-state index contributed by atoms with van der Waals surface area (Å²) in [6.07, 6.45) is 0.589. The number of carbonyl (C=O) groups excluding carboxylic acids is 2. The number of nitrogens with one attached hydrogen (secondary N) is 1. The molecule has 4 rings (SSSR count). The van der Waals surface area contributed by atoms with Gasteiger partial charge in [0.15, 0.2) is 0 Å². The zero-order chi connectivity index (χ0) is 20.4. The van der Waals surface area contributed by atoms with E-state index in [0.29, 0.717) is 36.4 Å². The van der Waals surface area contributed by atoms with Crippen molar-refractivity contribution in [2.45, 2.75) is 12.3 Å². The van der Waals surface area contributed by atoms with Gasteiger partial charge in [0.2, 0.25) is 5.91 Å². The second kappa shape index (κ2) is 8.21. The van der Waals surface area contributed by atoms with Crippen molar-refractivity contribution in [2.24, 2.45) is 5.92 Å². The molecule has 152 valence electrons. The highest BCUT2D eigenvalue weighted by Gasteiger charge is 2.45. The minimum absolute atomic E-state index is 0.134. The summed E-state index contributed by atoms with van der Waals surface area (Å²) < 4.78 is 24.2. The van der Waals surface area contributed by atoms with E-state index in [2.05, 4.69) is 10.2 Å². The van der Waals surface area contributed by atoms with Crippen LogP contribution >= 0.6 is 0 Å². The Kier molecular flexibility index (Phi) is 5.49. The maximum absolute atomic E-state index is 14.0. The average molecular weight is 398 g/mol. The molecule has 2 unspecified atom stereocenters. The largest absolute Gasteiger partial charge is 0.465 e. The molecule has 1 heterocycles. The van der Waals surface area contributed by atoms with Crippen molar-refractivity contribution in [3.63, 3.8) is 0 Å². The van der Waals surface area contributed by atoms with E-state index < -0.39 is 5.97 Å². The van der Waals surface area contributed by atoms with Gasteiger partial charge in [-0.2, -0.15) is 0 Å². The van der Waals surface area contributed by atoms with E-state index in [4.69, 9.17) is 9.47 Å². The molecule has 1 saturated carbocycles. The third kappa shape index (κ3) is 4.10. The molecule has 2 atom stereocenters. The predicted molar refractivity (Wildman–Crippen MR) is 107 cm³/mol. The number of ether oxygens (including phenoxy) is 2. The van der Waals surface area contributed by atoms with Crippen LogP contribution in [-0.4, -0.2) is 45.3 Å². The molecule has 7 heteroatoms. The lowest BCUT2D eigenvalue weighted by Gasteiger charge is -2.29. The molecule has 0 bridgehead atoms. The molecule has 29 heavy (non-hydrogen) atoms. The normalized spacial score (nSPS) is 20.8. The highest BCUT2D eigenvalue weighted by Crippen LogP contribution is 2.48. The Hall–Kier alpha value is -2.93. The van der Waals surface area contributed by atoms with Crippen LogP contribution in [0.4, 0.5) is 15.8 Å². The first-order valence-electron chi connectivity index (χ1n) is 9.69. The molecule has 2 aliphatic rings. The molecule has 2 aromatic carbocycles. The van der Waals surface area contributed by atoms with Crippen LogP contribution in [0.15, 0.2) is 42.5 Å². The van der Waals surface area contributed by atoms with Crippen molar-refractivity contribution in [3.8, 4) is 0 Å². The van der Waals surface area contributed by atoms with E-state index in [1.54, 1.807) is 30.3 Å². The molecule has 0 radical (unpaired) electrons. The Labute approximate surface area is 168 Å². The smallest absolute Gasteiger partial charge is 0.340 e. The van der Waals surface area contributed by atoms with Crippen LogP contribution in [0.3, 0.4) is 0 Å². The van der Waals surface area contributed by atoms with Gasteiger partial charge in [-0.05, 0) is 42.2 Å². The maximum Gasteiger partial charge on any atom is 0.340 e. The van der Waals surface area contributed by atoms with Gasteiger partial charge in [0.25, 0.3) is 0 Å². The van der Waals surface area contributed by atoms with E-state index >= 15 is 0 Å². The first-order chi connectivity index (χ1) is 14.1. The summed E-state index contributed by atoms with van der Waals surface area (Å²) in [4.78, 5) is 27.1. The third-order valence-electron chi connectivity index (χ3n) is 5.47. The van der Waals surface area contributed by atoms with Crippen LogP contribution in [-0.2, 0) is 14.3 Å². The molecule has 1 saturated heterocycles. The number of nitrogens with zero attached hydrogens (tertiary/aromatic N) is 1. The van der Waals surface area contributed by atoms with Gasteiger partial charge in [-0.15, -0.1) is 0 Å². The minimum Gasteiger partial charge on any atom is -0.465 e. The number of benzene rings is 2. The number of hydrogen-bond donors (Lipinski definition) is 1. The quantitative estimate of drug-likeness (QED) is 0.784. The van der Waals surface area contributed by atoms with E-state index in [0.717, 1.165) is 18.8 Å². The number of anilines is 2. The van der Waals surface area contributed by atoms with Gasteiger partial charge in [-0.3, -0.25) is 4.79 Å². The van der Waals surface area contributed by atoms with Gasteiger partial charge in [-0.25, -0.2) is 9.18 Å². The van der Waals surface area contributed by atoms with Crippen molar-refractivity contribution < 1.29 is 23.5 Å². The number of morpholine rings is 1. The highest BCUT2D eigenvalue weighted by atomic mass is 19.1.